The molecule has 1 aliphatic rings. The molecule has 1 unspecified atom stereocenters. The Morgan fingerprint density at radius 2 is 2.30 bits per heavy atom. The highest BCUT2D eigenvalue weighted by Gasteiger charge is 2.28. The maximum absolute atomic E-state index is 12.4. The number of nitrogens with zero attached hydrogens (tertiary/aromatic N) is 2. The fourth-order valence-corrected chi connectivity index (χ4v) is 2.36. The van der Waals surface area contributed by atoms with Gasteiger partial charge in [0.05, 0.1) is 23.7 Å². The summed E-state index contributed by atoms with van der Waals surface area (Å²) in [6.45, 7) is 0.770. The van der Waals surface area contributed by atoms with Crippen LogP contribution in [-0.4, -0.2) is 47.1 Å². The maximum atomic E-state index is 12.4. The number of piperidine rings is 1. The van der Waals surface area contributed by atoms with Crippen molar-refractivity contribution in [3.05, 3.63) is 33.9 Å². The second-order valence-electron chi connectivity index (χ2n) is 4.66. The molecule has 7 nitrogen and oxygen atoms in total. The first-order valence-corrected chi connectivity index (χ1v) is 6.33. The zero-order valence-electron chi connectivity index (χ0n) is 11.1. The van der Waals surface area contributed by atoms with Crippen molar-refractivity contribution < 1.29 is 19.6 Å². The number of β-amino-alcohol motifs (C(OH)–C–C–N with tert-alkyl or cyclic N) is 1. The number of amides is 1. The monoisotopic (exact) mass is 280 g/mol. The number of nitro benzene ring substituents is 1. The van der Waals surface area contributed by atoms with Crippen LogP contribution in [0.4, 0.5) is 5.69 Å². The van der Waals surface area contributed by atoms with Gasteiger partial charge in [-0.3, -0.25) is 14.9 Å². The van der Waals surface area contributed by atoms with E-state index < -0.39 is 11.0 Å². The van der Waals surface area contributed by atoms with Crippen molar-refractivity contribution in [1.29, 1.82) is 0 Å². The molecule has 0 aliphatic carbocycles. The molecule has 20 heavy (non-hydrogen) atoms. The van der Waals surface area contributed by atoms with Crippen LogP contribution in [0.3, 0.4) is 0 Å². The highest BCUT2D eigenvalue weighted by molar-refractivity contribution is 5.98. The van der Waals surface area contributed by atoms with Crippen LogP contribution in [0.15, 0.2) is 18.2 Å². The lowest BCUT2D eigenvalue weighted by atomic mass is 10.1. The molecule has 2 rings (SSSR count). The number of para-hydroxylation sites is 1. The zero-order valence-corrected chi connectivity index (χ0v) is 11.1. The first-order valence-electron chi connectivity index (χ1n) is 6.33. The number of hydrogen-bond donors (Lipinski definition) is 1. The van der Waals surface area contributed by atoms with Crippen molar-refractivity contribution in [3.8, 4) is 5.75 Å². The summed E-state index contributed by atoms with van der Waals surface area (Å²) in [5.74, 6) is -0.396. The van der Waals surface area contributed by atoms with Gasteiger partial charge in [0.25, 0.3) is 5.91 Å². The van der Waals surface area contributed by atoms with E-state index in [9.17, 15) is 20.0 Å². The molecule has 0 saturated carbocycles. The smallest absolute Gasteiger partial charge is 0.311 e. The third-order valence-corrected chi connectivity index (χ3v) is 3.31. The Balaban J connectivity index is 2.34. The second-order valence-corrected chi connectivity index (χ2v) is 4.66. The fourth-order valence-electron chi connectivity index (χ4n) is 2.36. The summed E-state index contributed by atoms with van der Waals surface area (Å²) in [4.78, 5) is 24.3. The molecular weight excluding hydrogens is 264 g/mol. The van der Waals surface area contributed by atoms with E-state index in [1.54, 1.807) is 0 Å². The minimum absolute atomic E-state index is 0.0393. The normalized spacial score (nSPS) is 18.7. The number of likely N-dealkylation sites (tertiary alicyclic amines) is 1. The highest BCUT2D eigenvalue weighted by Crippen LogP contribution is 2.31. The number of ether oxygens (including phenoxy) is 1. The molecule has 0 radical (unpaired) electrons. The molecule has 1 heterocycles. The van der Waals surface area contributed by atoms with Gasteiger partial charge in [-0.25, -0.2) is 0 Å². The number of nitro groups is 1. The summed E-state index contributed by atoms with van der Waals surface area (Å²) in [6, 6.07) is 4.24. The molecule has 0 bridgehead atoms. The predicted molar refractivity (Wildman–Crippen MR) is 70.8 cm³/mol. The van der Waals surface area contributed by atoms with Gasteiger partial charge in [0.15, 0.2) is 0 Å². The van der Waals surface area contributed by atoms with Gasteiger partial charge in [-0.1, -0.05) is 6.07 Å². The van der Waals surface area contributed by atoms with Crippen molar-refractivity contribution in [2.75, 3.05) is 20.2 Å². The molecule has 1 fully saturated rings. The van der Waals surface area contributed by atoms with Crippen molar-refractivity contribution >= 4 is 11.6 Å². The average Bonchev–Trinajstić information content (AvgIpc) is 2.45. The first kappa shape index (κ1) is 14.3. The van der Waals surface area contributed by atoms with Crippen LogP contribution in [0.1, 0.15) is 23.2 Å². The number of rotatable bonds is 3. The van der Waals surface area contributed by atoms with Gasteiger partial charge in [-0.05, 0) is 18.9 Å². The van der Waals surface area contributed by atoms with E-state index in [2.05, 4.69) is 0 Å². The first-order chi connectivity index (χ1) is 9.54. The van der Waals surface area contributed by atoms with Crippen molar-refractivity contribution in [1.82, 2.24) is 4.90 Å². The minimum atomic E-state index is -0.583. The predicted octanol–water partition coefficient (Wildman–Crippen LogP) is 1.20. The Morgan fingerprint density at radius 3 is 2.90 bits per heavy atom. The average molecular weight is 280 g/mol. The molecule has 7 heteroatoms. The third kappa shape index (κ3) is 2.72. The lowest BCUT2D eigenvalue weighted by Gasteiger charge is -2.30. The Bertz CT molecular complexity index is 531. The molecule has 1 N–H and O–H groups in total. The van der Waals surface area contributed by atoms with Gasteiger partial charge >= 0.3 is 5.69 Å². The standard InChI is InChI=1S/C13H16N2O5/c1-20-12-10(5-2-6-11(12)15(18)19)13(17)14-7-3-4-9(16)8-14/h2,5-6,9,16H,3-4,7-8H2,1H3. The molecule has 1 atom stereocenters. The second kappa shape index (κ2) is 5.87. The van der Waals surface area contributed by atoms with Crippen LogP contribution >= 0.6 is 0 Å². The van der Waals surface area contributed by atoms with E-state index in [0.29, 0.717) is 19.4 Å². The summed E-state index contributed by atoms with van der Waals surface area (Å²) in [6.07, 6.45) is 0.831. The van der Waals surface area contributed by atoms with E-state index in [1.165, 1.54) is 30.2 Å². The topological polar surface area (TPSA) is 92.9 Å². The third-order valence-electron chi connectivity index (χ3n) is 3.31. The van der Waals surface area contributed by atoms with Crippen LogP contribution in [0.2, 0.25) is 0 Å². The number of methoxy groups -OCH3 is 1. The SMILES string of the molecule is COc1c(C(=O)N2CCCC(O)C2)cccc1[N+](=O)[O-]. The number of carbonyl (C=O) groups is 1. The minimum Gasteiger partial charge on any atom is -0.490 e. The Hall–Kier alpha value is -2.15. The van der Waals surface area contributed by atoms with Gasteiger partial charge < -0.3 is 14.7 Å². The van der Waals surface area contributed by atoms with Crippen LogP contribution in [0.25, 0.3) is 0 Å². The summed E-state index contributed by atoms with van der Waals surface area (Å²) in [7, 11) is 1.30. The fraction of sp³-hybridized carbons (Fsp3) is 0.462. The number of aliphatic hydroxyl groups excluding tert-OH is 1. The highest BCUT2D eigenvalue weighted by atomic mass is 16.6. The van der Waals surface area contributed by atoms with Gasteiger partial charge in [0, 0.05) is 19.2 Å². The summed E-state index contributed by atoms with van der Waals surface area (Å²) < 4.78 is 5.02. The van der Waals surface area contributed by atoms with Gasteiger partial charge in [-0.15, -0.1) is 0 Å². The number of aliphatic hydroxyl groups is 1. The summed E-state index contributed by atoms with van der Waals surface area (Å²) in [5.41, 5.74) is -0.0910. The van der Waals surface area contributed by atoms with Crippen molar-refractivity contribution in [3.63, 3.8) is 0 Å². The Kier molecular flexibility index (Phi) is 4.19. The van der Waals surface area contributed by atoms with Gasteiger partial charge in [-0.2, -0.15) is 0 Å². The van der Waals surface area contributed by atoms with Gasteiger partial charge in [0.2, 0.25) is 5.75 Å². The van der Waals surface area contributed by atoms with Crippen molar-refractivity contribution in [2.24, 2.45) is 0 Å². The van der Waals surface area contributed by atoms with Crippen LogP contribution in [-0.2, 0) is 0 Å². The molecule has 108 valence electrons. The summed E-state index contributed by atoms with van der Waals surface area (Å²) in [5, 5.41) is 20.6. The summed E-state index contributed by atoms with van der Waals surface area (Å²) >= 11 is 0. The number of hydrogen-bond acceptors (Lipinski definition) is 5. The van der Waals surface area contributed by atoms with E-state index in [0.717, 1.165) is 0 Å². The maximum Gasteiger partial charge on any atom is 0.311 e. The molecule has 1 aromatic carbocycles. The van der Waals surface area contributed by atoms with Crippen LogP contribution < -0.4 is 4.74 Å². The zero-order chi connectivity index (χ0) is 14.7. The van der Waals surface area contributed by atoms with Gasteiger partial charge in [0.1, 0.15) is 0 Å². The largest absolute Gasteiger partial charge is 0.490 e. The van der Waals surface area contributed by atoms with E-state index in [1.807, 2.05) is 0 Å². The van der Waals surface area contributed by atoms with Crippen LogP contribution in [0, 0.1) is 10.1 Å². The molecule has 1 aliphatic heterocycles. The van der Waals surface area contributed by atoms with E-state index in [-0.39, 0.29) is 29.5 Å². The Morgan fingerprint density at radius 1 is 1.55 bits per heavy atom. The molecule has 1 aromatic rings. The molecule has 1 amide bonds. The lowest BCUT2D eigenvalue weighted by Crippen LogP contribution is -2.42. The van der Waals surface area contributed by atoms with E-state index >= 15 is 0 Å². The molecule has 1 saturated heterocycles. The quantitative estimate of drug-likeness (QED) is 0.663. The molecular formula is C13H16N2O5. The number of carbonyl (C=O) groups excluding carboxylic acids is 1. The van der Waals surface area contributed by atoms with E-state index in [4.69, 9.17) is 4.74 Å². The Labute approximate surface area is 115 Å². The van der Waals surface area contributed by atoms with Crippen LogP contribution in [0.5, 0.6) is 5.75 Å². The number of benzene rings is 1. The molecule has 0 aromatic heterocycles. The lowest BCUT2D eigenvalue weighted by molar-refractivity contribution is -0.385. The molecule has 0 spiro atoms. The van der Waals surface area contributed by atoms with Crippen molar-refractivity contribution in [2.45, 2.75) is 18.9 Å².